The van der Waals surface area contributed by atoms with Gasteiger partial charge in [-0.15, -0.1) is 0 Å². The monoisotopic (exact) mass is 1340 g/mol. The Labute approximate surface area is 556 Å². The maximum atomic E-state index is 13.3. The highest BCUT2D eigenvalue weighted by Crippen LogP contribution is 2.52. The van der Waals surface area contributed by atoms with E-state index in [1.54, 1.807) is 0 Å². The molecule has 13 rings (SSSR count). The van der Waals surface area contributed by atoms with Gasteiger partial charge in [-0.1, -0.05) is 290 Å². The number of hydrogen-bond donors (Lipinski definition) is 0. The largest absolute Gasteiger partial charge is 0.308 e. The molecule has 0 saturated heterocycles. The molecule has 1 aliphatic carbocycles. The van der Waals surface area contributed by atoms with Crippen molar-refractivity contribution in [3.8, 4) is 34.3 Å². The van der Waals surface area contributed by atoms with Gasteiger partial charge in [-0.2, -0.15) is 5.26 Å². The molecule has 0 fully saturated rings. The van der Waals surface area contributed by atoms with E-state index < -0.39 is 64.6 Å². The third-order valence-corrected chi connectivity index (χ3v) is 36.8. The molecule has 8 aromatic carbocycles. The molecule has 4 aromatic heterocycles. The van der Waals surface area contributed by atoms with Crippen molar-refractivity contribution in [3.63, 3.8) is 0 Å². The molecule has 0 aliphatic heterocycles. The molecule has 0 amide bonds. The van der Waals surface area contributed by atoms with E-state index in [1.165, 1.54) is 90.5 Å². The molecule has 0 bridgehead atoms. The minimum atomic E-state index is -1.85. The zero-order chi connectivity index (χ0) is 66.4. The average molecular weight is 1340 g/mol. The van der Waals surface area contributed by atoms with E-state index in [0.717, 1.165) is 61.4 Å². The van der Waals surface area contributed by atoms with Gasteiger partial charge in [0.1, 0.15) is 11.6 Å². The molecule has 470 valence electrons. The van der Waals surface area contributed by atoms with E-state index in [0.29, 0.717) is 5.56 Å². The van der Waals surface area contributed by atoms with Crippen molar-refractivity contribution < 1.29 is 0 Å². The Balaban J connectivity index is 1.33. The number of aromatic nitrogens is 4. The lowest BCUT2D eigenvalue weighted by molar-refractivity contribution is 0.925. The summed E-state index contributed by atoms with van der Waals surface area (Å²) in [6.45, 7) is 59.3. The van der Waals surface area contributed by atoms with Crippen molar-refractivity contribution in [1.82, 2.24) is 18.7 Å². The summed E-state index contributed by atoms with van der Waals surface area (Å²) in [5.41, 5.74) is 16.2. The van der Waals surface area contributed by atoms with E-state index in [1.807, 2.05) is 0 Å². The molecule has 92 heavy (non-hydrogen) atoms. The molecular formula is C79H97N5Si8. The third kappa shape index (κ3) is 10.6. The Morgan fingerprint density at radius 3 is 0.902 bits per heavy atom. The van der Waals surface area contributed by atoms with E-state index in [9.17, 15) is 5.26 Å². The van der Waals surface area contributed by atoms with Crippen LogP contribution in [0.25, 0.3) is 93.6 Å². The first-order valence-corrected chi connectivity index (χ1v) is 61.7. The molecule has 1 unspecified atom stereocenters. The fourth-order valence-corrected chi connectivity index (χ4v) is 23.7. The third-order valence-electron chi connectivity index (χ3n) is 20.5. The first-order valence-electron chi connectivity index (χ1n) is 33.7. The van der Waals surface area contributed by atoms with Gasteiger partial charge < -0.3 is 13.7 Å². The van der Waals surface area contributed by atoms with Crippen LogP contribution in [-0.4, -0.2) is 83.3 Å². The molecule has 0 radical (unpaired) electrons. The second kappa shape index (κ2) is 21.3. The van der Waals surface area contributed by atoms with Gasteiger partial charge in [-0.05, 0) is 64.3 Å². The van der Waals surface area contributed by atoms with Crippen LogP contribution in [-0.2, 0) is 0 Å². The number of nitriles is 1. The fraction of sp³-hybridized carbons (Fsp3) is 0.316. The Hall–Kier alpha value is -6.46. The first kappa shape index (κ1) is 64.3. The second-order valence-corrected chi connectivity index (χ2v) is 76.1. The van der Waals surface area contributed by atoms with Crippen molar-refractivity contribution >= 4 is 172 Å². The van der Waals surface area contributed by atoms with Crippen molar-refractivity contribution in [2.24, 2.45) is 0 Å². The zero-order valence-corrected chi connectivity index (χ0v) is 67.7. The number of rotatable bonds is 12. The molecule has 0 saturated carbocycles. The van der Waals surface area contributed by atoms with Gasteiger partial charge in [0, 0.05) is 44.1 Å². The lowest BCUT2D eigenvalue weighted by Crippen LogP contribution is -2.38. The summed E-state index contributed by atoms with van der Waals surface area (Å²) < 4.78 is 7.71. The Morgan fingerprint density at radius 1 is 0.304 bits per heavy atom. The molecule has 5 nitrogen and oxygen atoms in total. The number of nitrogens with zero attached hydrogens (tertiary/aromatic N) is 5. The quantitative estimate of drug-likeness (QED) is 0.114. The van der Waals surface area contributed by atoms with E-state index in [4.69, 9.17) is 4.98 Å². The first-order chi connectivity index (χ1) is 42.6. The van der Waals surface area contributed by atoms with E-state index >= 15 is 0 Å². The zero-order valence-electron chi connectivity index (χ0n) is 59.7. The summed E-state index contributed by atoms with van der Waals surface area (Å²) >= 11 is 0. The van der Waals surface area contributed by atoms with Gasteiger partial charge in [0.15, 0.2) is 0 Å². The Bertz CT molecular complexity index is 4870. The van der Waals surface area contributed by atoms with Crippen LogP contribution in [0.1, 0.15) is 28.3 Å². The molecule has 0 spiro atoms. The van der Waals surface area contributed by atoms with Crippen LogP contribution in [0.3, 0.4) is 0 Å². The maximum absolute atomic E-state index is 13.3. The molecule has 1 aliphatic rings. The van der Waals surface area contributed by atoms with Gasteiger partial charge in [-0.3, -0.25) is 4.98 Å². The van der Waals surface area contributed by atoms with Gasteiger partial charge in [0.05, 0.1) is 126 Å². The van der Waals surface area contributed by atoms with Crippen molar-refractivity contribution in [1.29, 1.82) is 5.26 Å². The average Bonchev–Trinajstić information content (AvgIpc) is 1.49. The van der Waals surface area contributed by atoms with Gasteiger partial charge in [0.2, 0.25) is 0 Å². The van der Waals surface area contributed by atoms with Crippen LogP contribution in [0.5, 0.6) is 0 Å². The van der Waals surface area contributed by atoms with Crippen LogP contribution >= 0.6 is 0 Å². The number of benzene rings is 8. The molecule has 0 N–H and O–H groups in total. The molecule has 13 heteroatoms. The maximum Gasteiger partial charge on any atom is 0.104 e. The lowest BCUT2D eigenvalue weighted by Gasteiger charge is -2.27. The Morgan fingerprint density at radius 2 is 0.587 bits per heavy atom. The van der Waals surface area contributed by atoms with Crippen molar-refractivity contribution in [2.75, 3.05) is 0 Å². The van der Waals surface area contributed by atoms with Gasteiger partial charge >= 0.3 is 0 Å². The number of fused-ring (bicyclic) bond motifs is 12. The lowest BCUT2D eigenvalue weighted by atomic mass is 9.87. The summed E-state index contributed by atoms with van der Waals surface area (Å²) in [4.78, 5) is 5.80. The fourth-order valence-electron chi connectivity index (χ4n) is 14.5. The highest BCUT2D eigenvalue weighted by molar-refractivity contribution is 6.92. The Kier molecular flexibility index (Phi) is 14.9. The minimum Gasteiger partial charge on any atom is -0.308 e. The van der Waals surface area contributed by atoms with Crippen LogP contribution in [0.2, 0.25) is 157 Å². The molecule has 4 heterocycles. The van der Waals surface area contributed by atoms with Crippen LogP contribution in [0.15, 0.2) is 146 Å². The smallest absolute Gasteiger partial charge is 0.104 e. The van der Waals surface area contributed by atoms with Crippen LogP contribution < -0.4 is 41.5 Å². The van der Waals surface area contributed by atoms with Crippen LogP contribution in [0.4, 0.5) is 0 Å². The molecule has 12 aromatic rings. The topological polar surface area (TPSA) is 51.5 Å². The summed E-state index contributed by atoms with van der Waals surface area (Å²) in [5, 5.41) is 32.3. The van der Waals surface area contributed by atoms with Gasteiger partial charge in [0.25, 0.3) is 0 Å². The second-order valence-electron chi connectivity index (χ2n) is 35.5. The van der Waals surface area contributed by atoms with E-state index in [-0.39, 0.29) is 5.92 Å². The highest BCUT2D eigenvalue weighted by atomic mass is 28.3. The summed E-state index contributed by atoms with van der Waals surface area (Å²) in [6, 6.07) is 60.1. The van der Waals surface area contributed by atoms with Crippen LogP contribution in [0, 0.1) is 11.3 Å². The van der Waals surface area contributed by atoms with E-state index in [2.05, 4.69) is 323 Å². The number of hydrogen-bond acceptors (Lipinski definition) is 2. The number of pyridine rings is 1. The normalized spacial score (nSPS) is 14.6. The standard InChI is InChI=1S/C79H97N5Si8/c1-85(2,3)50-25-32-58-59(39-50)66-46-57(92(22,23)24)49-81-77(66)76(58)67-47-75(82-69-33-26-51(86(4,5)6)40-60(69)61-41-52(87(7,8)9)27-34-70(61)82)79(84-73-37-30-55(90(16,17)18)44-64(73)65-45-56(91(19,20)21)31-38-74(65)84)68(48-80)78(67)83-71-35-28-53(88(10,11)12)42-62(71)63-43-54(89(13,14)15)29-36-72(63)83/h25-47,49,76H,1-24H3. The SMILES string of the molecule is C[Si](C)(C)c1ccc2c(c1)-c1cc([Si](C)(C)C)cnc1C2c1cc(-n2c3ccc([Si](C)(C)C)cc3c3cc([Si](C)(C)C)ccc32)c(-n2c3ccc([Si](C)(C)C)cc3c3cc([Si](C)(C)C)ccc32)c(C#N)c1-n1c2ccc([Si](C)(C)C)cc2c2cc([Si](C)(C)C)ccc21. The van der Waals surface area contributed by atoms with Crippen molar-refractivity contribution in [2.45, 2.75) is 163 Å². The highest BCUT2D eigenvalue weighted by Gasteiger charge is 2.40. The van der Waals surface area contributed by atoms with Crippen molar-refractivity contribution in [3.05, 3.63) is 168 Å². The summed E-state index contributed by atoms with van der Waals surface area (Å²) in [7, 11) is -14.5. The summed E-state index contributed by atoms with van der Waals surface area (Å²) in [6.07, 6.45) is 2.22. The predicted octanol–water partition coefficient (Wildman–Crippen LogP) is 17.8. The summed E-state index contributed by atoms with van der Waals surface area (Å²) in [5.74, 6) is -0.321. The molecule has 1 atom stereocenters. The predicted molar refractivity (Wildman–Crippen MR) is 429 cm³/mol. The minimum absolute atomic E-state index is 0.321. The molecular weight excluding hydrogens is 1240 g/mol. The van der Waals surface area contributed by atoms with Gasteiger partial charge in [-0.25, -0.2) is 0 Å².